The first kappa shape index (κ1) is 14.5. The number of hydrogen-bond donors (Lipinski definition) is 2. The summed E-state index contributed by atoms with van der Waals surface area (Å²) < 4.78 is 22.4. The number of nitrogens with zero attached hydrogens (tertiary/aromatic N) is 2. The van der Waals surface area contributed by atoms with Gasteiger partial charge >= 0.3 is 0 Å². The van der Waals surface area contributed by atoms with E-state index in [4.69, 9.17) is 4.55 Å². The highest BCUT2D eigenvalue weighted by atomic mass is 32.2. The Morgan fingerprint density at radius 2 is 2.05 bits per heavy atom. The fourth-order valence-electron chi connectivity index (χ4n) is 2.01. The van der Waals surface area contributed by atoms with Crippen molar-refractivity contribution in [2.24, 2.45) is 0 Å². The summed E-state index contributed by atoms with van der Waals surface area (Å²) in [5.74, 6) is 0. The van der Waals surface area contributed by atoms with Crippen LogP contribution in [-0.2, 0) is 17.8 Å². The molecule has 0 bridgehead atoms. The number of nitrogens with one attached hydrogen (secondary N) is 1. The minimum atomic E-state index is -2.11. The van der Waals surface area contributed by atoms with Crippen LogP contribution in [-0.4, -0.2) is 20.3 Å². The average Bonchev–Trinajstić information content (AvgIpc) is 2.46. The molecule has 0 aliphatic carbocycles. The van der Waals surface area contributed by atoms with Gasteiger partial charge in [-0.05, 0) is 18.6 Å². The highest BCUT2D eigenvalue weighted by Gasteiger charge is 2.11. The van der Waals surface area contributed by atoms with E-state index in [0.29, 0.717) is 5.69 Å². The summed E-state index contributed by atoms with van der Waals surface area (Å²) in [6, 6.07) is 11.9. The van der Waals surface area contributed by atoms with Gasteiger partial charge in [0.15, 0.2) is 0 Å². The molecular formula is C14H17N3O2S. The van der Waals surface area contributed by atoms with Crippen molar-refractivity contribution in [1.29, 1.82) is 0 Å². The lowest BCUT2D eigenvalue weighted by Gasteiger charge is -2.25. The summed E-state index contributed by atoms with van der Waals surface area (Å²) in [6.45, 7) is 3.56. The predicted molar refractivity (Wildman–Crippen MR) is 81.8 cm³/mol. The van der Waals surface area contributed by atoms with Crippen LogP contribution in [0.5, 0.6) is 0 Å². The van der Waals surface area contributed by atoms with Crippen LogP contribution in [0.2, 0.25) is 0 Å². The monoisotopic (exact) mass is 291 g/mol. The Labute approximate surface area is 121 Å². The first-order valence-corrected chi connectivity index (χ1v) is 7.41. The van der Waals surface area contributed by atoms with Gasteiger partial charge < -0.3 is 4.90 Å². The van der Waals surface area contributed by atoms with E-state index >= 15 is 0 Å². The summed E-state index contributed by atoms with van der Waals surface area (Å²) in [6.07, 6.45) is 3.23. The molecule has 0 radical (unpaired) electrons. The summed E-state index contributed by atoms with van der Waals surface area (Å²) in [7, 11) is 0. The molecule has 0 spiro atoms. The number of anilines is 2. The Bertz CT molecular complexity index is 578. The molecule has 2 aromatic rings. The molecule has 1 unspecified atom stereocenters. The minimum Gasteiger partial charge on any atom is -0.366 e. The van der Waals surface area contributed by atoms with Crippen LogP contribution in [0.1, 0.15) is 12.5 Å². The Hall–Kier alpha value is -1.92. The van der Waals surface area contributed by atoms with Gasteiger partial charge in [0.05, 0.1) is 17.6 Å². The van der Waals surface area contributed by atoms with Crippen LogP contribution < -0.4 is 9.62 Å². The molecule has 1 aromatic carbocycles. The SMILES string of the molecule is CCN(Cc1ccccc1)c1ccncc1NS(=O)O. The van der Waals surface area contributed by atoms with Crippen molar-refractivity contribution in [3.8, 4) is 0 Å². The van der Waals surface area contributed by atoms with Crippen LogP contribution in [0.25, 0.3) is 0 Å². The van der Waals surface area contributed by atoms with Gasteiger partial charge in [-0.2, -0.15) is 0 Å². The minimum absolute atomic E-state index is 0.547. The quantitative estimate of drug-likeness (QED) is 0.803. The number of aromatic nitrogens is 1. The van der Waals surface area contributed by atoms with Gasteiger partial charge in [-0.25, -0.2) is 4.21 Å². The zero-order valence-electron chi connectivity index (χ0n) is 11.2. The van der Waals surface area contributed by atoms with Gasteiger partial charge in [-0.1, -0.05) is 30.3 Å². The molecule has 2 N–H and O–H groups in total. The van der Waals surface area contributed by atoms with Crippen LogP contribution >= 0.6 is 0 Å². The maximum absolute atomic E-state index is 10.9. The number of benzene rings is 1. The fraction of sp³-hybridized carbons (Fsp3) is 0.214. The predicted octanol–water partition coefficient (Wildman–Crippen LogP) is 2.66. The summed E-state index contributed by atoms with van der Waals surface area (Å²) in [5, 5.41) is 0. The van der Waals surface area contributed by atoms with Gasteiger partial charge in [0, 0.05) is 19.3 Å². The third-order valence-corrected chi connectivity index (χ3v) is 3.33. The first-order chi connectivity index (χ1) is 9.70. The van der Waals surface area contributed by atoms with Crippen molar-refractivity contribution in [3.05, 3.63) is 54.4 Å². The van der Waals surface area contributed by atoms with E-state index in [-0.39, 0.29) is 0 Å². The molecule has 0 aliphatic heterocycles. The van der Waals surface area contributed by atoms with Crippen molar-refractivity contribution in [2.75, 3.05) is 16.2 Å². The van der Waals surface area contributed by atoms with Crippen molar-refractivity contribution in [3.63, 3.8) is 0 Å². The molecule has 106 valence electrons. The lowest BCUT2D eigenvalue weighted by molar-refractivity contribution is 0.570. The third kappa shape index (κ3) is 3.79. The Balaban J connectivity index is 2.25. The molecule has 0 amide bonds. The summed E-state index contributed by atoms with van der Waals surface area (Å²) in [5.41, 5.74) is 2.59. The maximum Gasteiger partial charge on any atom is 0.259 e. The average molecular weight is 291 g/mol. The van der Waals surface area contributed by atoms with E-state index in [0.717, 1.165) is 18.8 Å². The van der Waals surface area contributed by atoms with Crippen molar-refractivity contribution >= 4 is 22.6 Å². The van der Waals surface area contributed by atoms with Crippen LogP contribution in [0.3, 0.4) is 0 Å². The highest BCUT2D eigenvalue weighted by molar-refractivity contribution is 7.80. The lowest BCUT2D eigenvalue weighted by Crippen LogP contribution is -2.23. The zero-order valence-corrected chi connectivity index (χ0v) is 12.0. The standard InChI is InChI=1S/C14H17N3O2S/c1-2-17(11-12-6-4-3-5-7-12)14-8-9-15-10-13(14)16-20(18)19/h3-10,16H,2,11H2,1H3,(H,18,19). The second-order valence-electron chi connectivity index (χ2n) is 4.24. The Kier molecular flexibility index (Phi) is 5.09. The van der Waals surface area contributed by atoms with Crippen LogP contribution in [0.15, 0.2) is 48.8 Å². The molecular weight excluding hydrogens is 274 g/mol. The molecule has 0 aliphatic rings. The van der Waals surface area contributed by atoms with E-state index in [2.05, 4.69) is 26.7 Å². The molecule has 0 fully saturated rings. The van der Waals surface area contributed by atoms with Gasteiger partial charge in [0.2, 0.25) is 0 Å². The Morgan fingerprint density at radius 3 is 2.70 bits per heavy atom. The van der Waals surface area contributed by atoms with Crippen molar-refractivity contribution in [2.45, 2.75) is 13.5 Å². The third-order valence-electron chi connectivity index (χ3n) is 2.93. The second kappa shape index (κ2) is 7.02. The van der Waals surface area contributed by atoms with Crippen LogP contribution in [0, 0.1) is 0 Å². The number of hydrogen-bond acceptors (Lipinski definition) is 3. The maximum atomic E-state index is 10.9. The number of pyridine rings is 1. The van der Waals surface area contributed by atoms with E-state index in [1.54, 1.807) is 12.4 Å². The molecule has 1 atom stereocenters. The molecule has 20 heavy (non-hydrogen) atoms. The van der Waals surface area contributed by atoms with Gasteiger partial charge in [0.1, 0.15) is 0 Å². The largest absolute Gasteiger partial charge is 0.366 e. The van der Waals surface area contributed by atoms with E-state index < -0.39 is 11.3 Å². The molecule has 1 aromatic heterocycles. The Morgan fingerprint density at radius 1 is 1.30 bits per heavy atom. The molecule has 1 heterocycles. The van der Waals surface area contributed by atoms with Crippen molar-refractivity contribution in [1.82, 2.24) is 4.98 Å². The van der Waals surface area contributed by atoms with E-state index in [9.17, 15) is 4.21 Å². The highest BCUT2D eigenvalue weighted by Crippen LogP contribution is 2.26. The lowest BCUT2D eigenvalue weighted by atomic mass is 10.2. The molecule has 0 saturated heterocycles. The van der Waals surface area contributed by atoms with Crippen LogP contribution in [0.4, 0.5) is 11.4 Å². The van der Waals surface area contributed by atoms with E-state index in [1.165, 1.54) is 5.56 Å². The van der Waals surface area contributed by atoms with Gasteiger partial charge in [-0.3, -0.25) is 14.3 Å². The van der Waals surface area contributed by atoms with Gasteiger partial charge in [0.25, 0.3) is 11.3 Å². The molecule has 0 saturated carbocycles. The fourth-order valence-corrected chi connectivity index (χ4v) is 2.35. The number of rotatable bonds is 6. The second-order valence-corrected chi connectivity index (χ2v) is 4.95. The summed E-state index contributed by atoms with van der Waals surface area (Å²) >= 11 is -2.11. The normalized spacial score (nSPS) is 11.9. The molecule has 5 nitrogen and oxygen atoms in total. The van der Waals surface area contributed by atoms with E-state index in [1.807, 2.05) is 31.2 Å². The molecule has 6 heteroatoms. The first-order valence-electron chi connectivity index (χ1n) is 6.31. The molecule has 2 rings (SSSR count). The summed E-state index contributed by atoms with van der Waals surface area (Å²) in [4.78, 5) is 6.10. The van der Waals surface area contributed by atoms with Crippen molar-refractivity contribution < 1.29 is 8.76 Å². The zero-order chi connectivity index (χ0) is 14.4. The van der Waals surface area contributed by atoms with Gasteiger partial charge in [-0.15, -0.1) is 0 Å². The topological polar surface area (TPSA) is 65.5 Å². The smallest absolute Gasteiger partial charge is 0.259 e.